The summed E-state index contributed by atoms with van der Waals surface area (Å²) < 4.78 is 1.04. The van der Waals surface area contributed by atoms with E-state index in [9.17, 15) is 0 Å². The van der Waals surface area contributed by atoms with E-state index in [1.54, 1.807) is 0 Å². The first-order chi connectivity index (χ1) is 35.0. The van der Waals surface area contributed by atoms with E-state index in [1.165, 1.54) is 61.2 Å². The summed E-state index contributed by atoms with van der Waals surface area (Å²) in [5, 5.41) is 0. The Labute approximate surface area is 462 Å². The van der Waals surface area contributed by atoms with E-state index < -0.39 is 0 Å². The minimum absolute atomic E-state index is 0. The smallest absolute Gasteiger partial charge is 0.305 e. The first-order valence-electron chi connectivity index (χ1n) is 25.9. The summed E-state index contributed by atoms with van der Waals surface area (Å²) in [5.41, 5.74) is 21.1. The number of nitrogens with zero attached hydrogens (tertiary/aromatic N) is 3. The van der Waals surface area contributed by atoms with E-state index in [1.807, 2.05) is 18.6 Å². The molecule has 3 aromatic heterocycles. The predicted octanol–water partition coefficient (Wildman–Crippen LogP) is 18.8. The van der Waals surface area contributed by atoms with Crippen LogP contribution in [0.1, 0.15) is 133 Å². The quantitative estimate of drug-likeness (QED) is 0.135. The number of hydrogen-bond acceptors (Lipinski definition) is 3. The van der Waals surface area contributed by atoms with Gasteiger partial charge in [-0.3, -0.25) is 0 Å². The Morgan fingerprint density at radius 2 is 0.743 bits per heavy atom. The van der Waals surface area contributed by atoms with Crippen LogP contribution in [-0.2, 0) is 36.4 Å². The van der Waals surface area contributed by atoms with Gasteiger partial charge in [-0.15, -0.1) is 83.4 Å². The molecule has 2 atom stereocenters. The number of rotatable bonds is 9. The summed E-state index contributed by atoms with van der Waals surface area (Å²) in [6.07, 6.45) is 8.83. The molecule has 3 heterocycles. The molecule has 1 aliphatic rings. The molecule has 5 heteroatoms. The van der Waals surface area contributed by atoms with Gasteiger partial charge in [0.15, 0.2) is 0 Å². The van der Waals surface area contributed by atoms with Crippen LogP contribution < -0.4 is 0 Å². The molecular formula is C69H65BrIrN3. The van der Waals surface area contributed by atoms with Gasteiger partial charge in [0.25, 0.3) is 0 Å². The van der Waals surface area contributed by atoms with Crippen LogP contribution in [-0.4, -0.2) is 15.0 Å². The van der Waals surface area contributed by atoms with E-state index in [0.29, 0.717) is 0 Å². The van der Waals surface area contributed by atoms with Crippen LogP contribution in [0.4, 0.5) is 0 Å². The fourth-order valence-electron chi connectivity index (χ4n) is 10.9. The predicted molar refractivity (Wildman–Crippen MR) is 308 cm³/mol. The average molecular weight is 1210 g/mol. The van der Waals surface area contributed by atoms with Crippen molar-refractivity contribution >= 4 is 15.9 Å². The number of benzene rings is 6. The molecule has 0 radical (unpaired) electrons. The first-order valence-corrected chi connectivity index (χ1v) is 26.7. The molecule has 0 saturated heterocycles. The zero-order valence-corrected chi connectivity index (χ0v) is 48.1. The zero-order valence-electron chi connectivity index (χ0n) is 44.1. The second-order valence-corrected chi connectivity index (χ2v) is 24.0. The molecule has 10 rings (SSSR count). The van der Waals surface area contributed by atoms with Crippen molar-refractivity contribution in [2.24, 2.45) is 0 Å². The van der Waals surface area contributed by atoms with Gasteiger partial charge in [0.2, 0.25) is 0 Å². The van der Waals surface area contributed by atoms with Crippen LogP contribution in [0.2, 0.25) is 0 Å². The molecule has 0 amide bonds. The molecule has 1 fully saturated rings. The SMILES string of the molecule is CC(C)(C)c1ccnc(-c2[c-]cc(-c3ccccc3C3CC(c4ccccc4-c4c[c-]c(-c5cc(C(C)(C)C)ccn5)cc4)CC(c4ccccc4-c4c[c-]c(-c5cc(C(C)(C)C)ccn5)cc4Br)C3)cc2)c1.[Ir+3]. The van der Waals surface area contributed by atoms with Gasteiger partial charge in [-0.05, 0) is 122 Å². The van der Waals surface area contributed by atoms with Crippen molar-refractivity contribution in [2.45, 2.75) is 116 Å². The molecule has 9 aromatic rings. The maximum absolute atomic E-state index is 4.79. The van der Waals surface area contributed by atoms with Crippen LogP contribution in [0.5, 0.6) is 0 Å². The van der Waals surface area contributed by atoms with Crippen LogP contribution in [0.3, 0.4) is 0 Å². The molecule has 0 N–H and O–H groups in total. The molecule has 372 valence electrons. The fraction of sp³-hybridized carbons (Fsp3) is 0.261. The standard InChI is InChI=1S/C69H65BrN3.Ir/c1-67(2,3)53-32-35-71-64(42-53)47-26-22-45(23-27-47)56-16-10-12-18-58(56)50-38-51(59-19-13-11-17-57(59)46-24-28-48(29-25-46)65-43-54(33-36-72-65)68(4,5)6)40-52(39-50)60-20-14-15-21-61(60)62-31-30-49(41-63(62)70)66-44-55(34-37-73-66)69(7,8)9;/h10-26,28,31-37,41-44,50-52H,38-40H2,1-9H3;/q-3;+3. The molecular weight excluding hydrogens is 1140 g/mol. The second kappa shape index (κ2) is 21.6. The molecule has 0 spiro atoms. The van der Waals surface area contributed by atoms with Gasteiger partial charge in [-0.2, -0.15) is 0 Å². The van der Waals surface area contributed by atoms with Crippen LogP contribution in [0.25, 0.3) is 67.2 Å². The third-order valence-corrected chi connectivity index (χ3v) is 15.7. The molecule has 0 bridgehead atoms. The van der Waals surface area contributed by atoms with Crippen molar-refractivity contribution in [1.29, 1.82) is 0 Å². The Morgan fingerprint density at radius 1 is 0.392 bits per heavy atom. The Kier molecular flexibility index (Phi) is 15.4. The van der Waals surface area contributed by atoms with Gasteiger partial charge in [-0.1, -0.05) is 207 Å². The van der Waals surface area contributed by atoms with Crippen molar-refractivity contribution in [1.82, 2.24) is 15.0 Å². The van der Waals surface area contributed by atoms with Gasteiger partial charge < -0.3 is 15.0 Å². The molecule has 2 unspecified atom stereocenters. The number of aromatic nitrogens is 3. The van der Waals surface area contributed by atoms with Crippen molar-refractivity contribution in [3.05, 3.63) is 232 Å². The summed E-state index contributed by atoms with van der Waals surface area (Å²) in [6, 6.07) is 68.8. The number of pyridine rings is 3. The molecule has 3 nitrogen and oxygen atoms in total. The van der Waals surface area contributed by atoms with E-state index in [-0.39, 0.29) is 54.1 Å². The van der Waals surface area contributed by atoms with Gasteiger partial charge in [0.05, 0.1) is 0 Å². The Hall–Kier alpha value is -6.10. The van der Waals surface area contributed by atoms with E-state index in [0.717, 1.165) is 63.1 Å². The molecule has 0 aliphatic heterocycles. The number of hydrogen-bond donors (Lipinski definition) is 0. The monoisotopic (exact) mass is 1210 g/mol. The summed E-state index contributed by atoms with van der Waals surface area (Å²) in [6.45, 7) is 20.2. The molecule has 74 heavy (non-hydrogen) atoms. The summed E-state index contributed by atoms with van der Waals surface area (Å²) in [5.74, 6) is 0.821. The molecule has 1 aliphatic carbocycles. The fourth-order valence-corrected chi connectivity index (χ4v) is 11.4. The summed E-state index contributed by atoms with van der Waals surface area (Å²) in [4.78, 5) is 14.3. The largest absolute Gasteiger partial charge is 3.00 e. The van der Waals surface area contributed by atoms with Crippen molar-refractivity contribution in [2.75, 3.05) is 0 Å². The van der Waals surface area contributed by atoms with E-state index in [2.05, 4.69) is 254 Å². The minimum Gasteiger partial charge on any atom is -0.305 e. The topological polar surface area (TPSA) is 38.7 Å². The van der Waals surface area contributed by atoms with Gasteiger partial charge in [0, 0.05) is 18.6 Å². The Morgan fingerprint density at radius 3 is 1.11 bits per heavy atom. The van der Waals surface area contributed by atoms with Crippen molar-refractivity contribution in [3.8, 4) is 67.2 Å². The van der Waals surface area contributed by atoms with Gasteiger partial charge >= 0.3 is 20.1 Å². The normalized spacial score (nSPS) is 16.1. The summed E-state index contributed by atoms with van der Waals surface area (Å²) in [7, 11) is 0. The maximum atomic E-state index is 4.79. The van der Waals surface area contributed by atoms with Crippen molar-refractivity contribution < 1.29 is 20.1 Å². The van der Waals surface area contributed by atoms with Gasteiger partial charge in [-0.25, -0.2) is 0 Å². The van der Waals surface area contributed by atoms with Crippen LogP contribution in [0.15, 0.2) is 181 Å². The third-order valence-electron chi connectivity index (χ3n) is 15.1. The van der Waals surface area contributed by atoms with E-state index in [4.69, 9.17) is 15.0 Å². The second-order valence-electron chi connectivity index (χ2n) is 23.2. The van der Waals surface area contributed by atoms with E-state index >= 15 is 0 Å². The average Bonchev–Trinajstić information content (AvgIpc) is 3.40. The Balaban J connectivity index is 0.00000672. The first kappa shape index (κ1) is 52.8. The Bertz CT molecular complexity index is 3260. The van der Waals surface area contributed by atoms with Crippen LogP contribution in [0, 0.1) is 18.2 Å². The van der Waals surface area contributed by atoms with Gasteiger partial charge in [0.1, 0.15) is 0 Å². The zero-order chi connectivity index (χ0) is 51.1. The van der Waals surface area contributed by atoms with Crippen molar-refractivity contribution in [3.63, 3.8) is 0 Å². The maximum Gasteiger partial charge on any atom is 3.00 e. The summed E-state index contributed by atoms with van der Waals surface area (Å²) >= 11 is 4.07. The third kappa shape index (κ3) is 11.4. The number of halogens is 1. The molecule has 1 saturated carbocycles. The minimum atomic E-state index is 0. The molecule has 6 aromatic carbocycles. The van der Waals surface area contributed by atoms with Crippen LogP contribution >= 0.6 is 15.9 Å².